The molecule has 2 nitrogen and oxygen atoms in total. The Bertz CT molecular complexity index is 407. The molecule has 0 spiro atoms. The quantitative estimate of drug-likeness (QED) is 0.659. The third-order valence-electron chi connectivity index (χ3n) is 2.30. The van der Waals surface area contributed by atoms with Gasteiger partial charge in [-0.3, -0.25) is 4.79 Å². The molecule has 1 aromatic rings. The van der Waals surface area contributed by atoms with Crippen LogP contribution in [0.15, 0.2) is 41.2 Å². The SMILES string of the molecule is O=c1ccccc(C2C=CC2)c1O. The van der Waals surface area contributed by atoms with E-state index in [1.165, 1.54) is 6.07 Å². The summed E-state index contributed by atoms with van der Waals surface area (Å²) in [6.07, 6.45) is 4.94. The van der Waals surface area contributed by atoms with E-state index >= 15 is 0 Å². The normalized spacial score (nSPS) is 19.5. The van der Waals surface area contributed by atoms with Gasteiger partial charge in [0.15, 0.2) is 5.75 Å². The summed E-state index contributed by atoms with van der Waals surface area (Å²) >= 11 is 0. The highest BCUT2D eigenvalue weighted by molar-refractivity contribution is 5.38. The predicted molar refractivity (Wildman–Crippen MR) is 50.9 cm³/mol. The van der Waals surface area contributed by atoms with Crippen LogP contribution in [0.4, 0.5) is 0 Å². The van der Waals surface area contributed by atoms with Gasteiger partial charge in [0.05, 0.1) is 0 Å². The molecule has 0 radical (unpaired) electrons. The van der Waals surface area contributed by atoms with E-state index in [9.17, 15) is 9.90 Å². The molecule has 1 N–H and O–H groups in total. The van der Waals surface area contributed by atoms with Gasteiger partial charge in [-0.25, -0.2) is 0 Å². The van der Waals surface area contributed by atoms with Gasteiger partial charge in [-0.05, 0) is 12.5 Å². The largest absolute Gasteiger partial charge is 0.504 e. The summed E-state index contributed by atoms with van der Waals surface area (Å²) in [6, 6.07) is 6.60. The van der Waals surface area contributed by atoms with E-state index in [1.54, 1.807) is 18.2 Å². The lowest BCUT2D eigenvalue weighted by Gasteiger charge is -2.17. The van der Waals surface area contributed by atoms with Crippen molar-refractivity contribution in [2.24, 2.45) is 0 Å². The van der Waals surface area contributed by atoms with Crippen LogP contribution in [-0.4, -0.2) is 5.11 Å². The van der Waals surface area contributed by atoms with E-state index in [2.05, 4.69) is 0 Å². The average molecular weight is 174 g/mol. The molecule has 0 aromatic heterocycles. The Balaban J connectivity index is 2.58. The van der Waals surface area contributed by atoms with E-state index in [4.69, 9.17) is 0 Å². The van der Waals surface area contributed by atoms with Crippen LogP contribution < -0.4 is 5.43 Å². The standard InChI is InChI=1S/C11H10O2/c12-10-7-2-1-6-9(11(10)13)8-4-3-5-8/h1-4,6-8H,5H2,(H,12,13). The van der Waals surface area contributed by atoms with Crippen molar-refractivity contribution in [3.05, 3.63) is 52.2 Å². The van der Waals surface area contributed by atoms with Crippen molar-refractivity contribution in [2.75, 3.05) is 0 Å². The van der Waals surface area contributed by atoms with Gasteiger partial charge in [0, 0.05) is 11.5 Å². The molecule has 0 saturated heterocycles. The number of rotatable bonds is 1. The summed E-state index contributed by atoms with van der Waals surface area (Å²) in [5.41, 5.74) is 0.429. The highest BCUT2D eigenvalue weighted by atomic mass is 16.3. The molecule has 2 heteroatoms. The van der Waals surface area contributed by atoms with Crippen molar-refractivity contribution in [1.29, 1.82) is 0 Å². The zero-order valence-electron chi connectivity index (χ0n) is 7.10. The lowest BCUT2D eigenvalue weighted by atomic mass is 9.88. The van der Waals surface area contributed by atoms with Crippen LogP contribution >= 0.6 is 0 Å². The monoisotopic (exact) mass is 174 g/mol. The fraction of sp³-hybridized carbons (Fsp3) is 0.182. The van der Waals surface area contributed by atoms with Gasteiger partial charge in [0.25, 0.3) is 0 Å². The van der Waals surface area contributed by atoms with E-state index in [0.29, 0.717) is 0 Å². The summed E-state index contributed by atoms with van der Waals surface area (Å²) in [5, 5.41) is 9.55. The van der Waals surface area contributed by atoms with Crippen molar-refractivity contribution in [1.82, 2.24) is 0 Å². The summed E-state index contributed by atoms with van der Waals surface area (Å²) in [7, 11) is 0. The van der Waals surface area contributed by atoms with Crippen LogP contribution in [0, 0.1) is 0 Å². The van der Waals surface area contributed by atoms with Crippen molar-refractivity contribution in [3.8, 4) is 5.75 Å². The zero-order chi connectivity index (χ0) is 9.26. The lowest BCUT2D eigenvalue weighted by Crippen LogP contribution is -2.04. The topological polar surface area (TPSA) is 37.3 Å². The second kappa shape index (κ2) is 3.05. The Labute approximate surface area is 76.2 Å². The summed E-state index contributed by atoms with van der Waals surface area (Å²) in [4.78, 5) is 11.2. The van der Waals surface area contributed by atoms with E-state index in [-0.39, 0.29) is 17.1 Å². The molecule has 1 aliphatic carbocycles. The third kappa shape index (κ3) is 1.35. The smallest absolute Gasteiger partial charge is 0.220 e. The maximum absolute atomic E-state index is 11.2. The molecule has 0 amide bonds. The first-order valence-electron chi connectivity index (χ1n) is 4.28. The first kappa shape index (κ1) is 8.05. The highest BCUT2D eigenvalue weighted by Gasteiger charge is 2.16. The molecule has 13 heavy (non-hydrogen) atoms. The zero-order valence-corrected chi connectivity index (χ0v) is 7.10. The van der Waals surface area contributed by atoms with Gasteiger partial charge in [0.2, 0.25) is 5.43 Å². The minimum Gasteiger partial charge on any atom is -0.504 e. The molecule has 0 bridgehead atoms. The molecule has 1 aromatic carbocycles. The molecule has 1 atom stereocenters. The minimum absolute atomic E-state index is 0.112. The van der Waals surface area contributed by atoms with Crippen LogP contribution in [0.1, 0.15) is 17.9 Å². The van der Waals surface area contributed by atoms with E-state index in [1.807, 2.05) is 12.2 Å². The van der Waals surface area contributed by atoms with Crippen LogP contribution in [0.5, 0.6) is 5.75 Å². The maximum atomic E-state index is 11.2. The summed E-state index contributed by atoms with van der Waals surface area (Å²) < 4.78 is 0. The first-order valence-corrected chi connectivity index (χ1v) is 4.28. The summed E-state index contributed by atoms with van der Waals surface area (Å²) in [6.45, 7) is 0. The second-order valence-corrected chi connectivity index (χ2v) is 3.16. The molecule has 66 valence electrons. The Morgan fingerprint density at radius 3 is 2.62 bits per heavy atom. The van der Waals surface area contributed by atoms with Crippen LogP contribution in [-0.2, 0) is 0 Å². The molecule has 0 fully saturated rings. The number of hydrogen-bond donors (Lipinski definition) is 1. The van der Waals surface area contributed by atoms with Gasteiger partial charge < -0.3 is 5.11 Å². The van der Waals surface area contributed by atoms with Crippen molar-refractivity contribution >= 4 is 0 Å². The van der Waals surface area contributed by atoms with Crippen molar-refractivity contribution in [2.45, 2.75) is 12.3 Å². The van der Waals surface area contributed by atoms with Gasteiger partial charge in [0.1, 0.15) is 0 Å². The Morgan fingerprint density at radius 1 is 1.31 bits per heavy atom. The molecule has 0 heterocycles. The highest BCUT2D eigenvalue weighted by Crippen LogP contribution is 2.32. The molecule has 1 unspecified atom stereocenters. The van der Waals surface area contributed by atoms with Gasteiger partial charge in [-0.2, -0.15) is 0 Å². The summed E-state index contributed by atoms with van der Waals surface area (Å²) in [5.74, 6) is 0.111. The predicted octanol–water partition coefficient (Wildman–Crippen LogP) is 1.80. The molecule has 0 aliphatic heterocycles. The fourth-order valence-corrected chi connectivity index (χ4v) is 1.40. The molecular weight excluding hydrogens is 164 g/mol. The average Bonchev–Trinajstić information content (AvgIpc) is 2.17. The molecule has 2 rings (SSSR count). The minimum atomic E-state index is -0.305. The number of allylic oxidation sites excluding steroid dienone is 2. The molecule has 1 aliphatic rings. The van der Waals surface area contributed by atoms with Crippen LogP contribution in [0.2, 0.25) is 0 Å². The van der Waals surface area contributed by atoms with Gasteiger partial charge in [-0.1, -0.05) is 30.4 Å². The van der Waals surface area contributed by atoms with Crippen molar-refractivity contribution in [3.63, 3.8) is 0 Å². The third-order valence-corrected chi connectivity index (χ3v) is 2.30. The van der Waals surface area contributed by atoms with E-state index < -0.39 is 0 Å². The van der Waals surface area contributed by atoms with Crippen LogP contribution in [0.25, 0.3) is 0 Å². The first-order chi connectivity index (χ1) is 6.29. The Hall–Kier alpha value is -1.57. The second-order valence-electron chi connectivity index (χ2n) is 3.16. The molecular formula is C11H10O2. The van der Waals surface area contributed by atoms with Gasteiger partial charge in [-0.15, -0.1) is 0 Å². The molecule has 0 saturated carbocycles. The fourth-order valence-electron chi connectivity index (χ4n) is 1.40. The number of hydrogen-bond acceptors (Lipinski definition) is 2. The Kier molecular flexibility index (Phi) is 1.89. The van der Waals surface area contributed by atoms with Crippen molar-refractivity contribution < 1.29 is 5.11 Å². The Morgan fingerprint density at radius 2 is 2.00 bits per heavy atom. The van der Waals surface area contributed by atoms with Crippen LogP contribution in [0.3, 0.4) is 0 Å². The maximum Gasteiger partial charge on any atom is 0.220 e. The number of aromatic hydroxyl groups is 1. The lowest BCUT2D eigenvalue weighted by molar-refractivity contribution is 0.460. The van der Waals surface area contributed by atoms with E-state index in [0.717, 1.165) is 12.0 Å². The van der Waals surface area contributed by atoms with Gasteiger partial charge >= 0.3 is 0 Å².